The van der Waals surface area contributed by atoms with E-state index in [2.05, 4.69) is 30.2 Å². The van der Waals surface area contributed by atoms with E-state index in [1.165, 1.54) is 12.3 Å². The van der Waals surface area contributed by atoms with Crippen molar-refractivity contribution in [3.8, 4) is 11.4 Å². The van der Waals surface area contributed by atoms with Gasteiger partial charge in [-0.05, 0) is 30.7 Å². The molecule has 6 nitrogen and oxygen atoms in total. The SMILES string of the molecule is Fc1cc(Cl)cnc1NC1CCN(c2nccc(-c3ccc[nH]3)n2)C1. The van der Waals surface area contributed by atoms with Gasteiger partial charge in [-0.2, -0.15) is 0 Å². The van der Waals surface area contributed by atoms with E-state index in [0.717, 1.165) is 24.4 Å². The Morgan fingerprint density at radius 2 is 2.24 bits per heavy atom. The predicted molar refractivity (Wildman–Crippen MR) is 95.3 cm³/mol. The molecule has 1 unspecified atom stereocenters. The van der Waals surface area contributed by atoms with Crippen molar-refractivity contribution in [1.82, 2.24) is 19.9 Å². The average molecular weight is 359 g/mol. The number of pyridine rings is 1. The lowest BCUT2D eigenvalue weighted by Gasteiger charge is -2.17. The molecule has 4 heterocycles. The first-order valence-electron chi connectivity index (χ1n) is 7.98. The summed E-state index contributed by atoms with van der Waals surface area (Å²) in [7, 11) is 0. The van der Waals surface area contributed by atoms with Gasteiger partial charge in [0.2, 0.25) is 5.95 Å². The van der Waals surface area contributed by atoms with E-state index in [-0.39, 0.29) is 16.9 Å². The van der Waals surface area contributed by atoms with Gasteiger partial charge in [0.25, 0.3) is 0 Å². The molecular formula is C17H16ClFN6. The molecule has 2 N–H and O–H groups in total. The fourth-order valence-electron chi connectivity index (χ4n) is 2.91. The highest BCUT2D eigenvalue weighted by molar-refractivity contribution is 6.30. The minimum atomic E-state index is -0.448. The van der Waals surface area contributed by atoms with Crippen LogP contribution >= 0.6 is 11.6 Å². The number of rotatable bonds is 4. The second-order valence-electron chi connectivity index (χ2n) is 5.89. The summed E-state index contributed by atoms with van der Waals surface area (Å²) in [6.45, 7) is 1.47. The molecule has 8 heteroatoms. The van der Waals surface area contributed by atoms with Gasteiger partial charge >= 0.3 is 0 Å². The number of nitrogens with one attached hydrogen (secondary N) is 2. The molecule has 1 aliphatic heterocycles. The molecule has 0 saturated carbocycles. The van der Waals surface area contributed by atoms with E-state index < -0.39 is 5.82 Å². The van der Waals surface area contributed by atoms with Gasteiger partial charge in [-0.3, -0.25) is 0 Å². The zero-order chi connectivity index (χ0) is 17.2. The van der Waals surface area contributed by atoms with Gasteiger partial charge in [0.05, 0.1) is 16.4 Å². The molecule has 0 amide bonds. The maximum Gasteiger partial charge on any atom is 0.225 e. The van der Waals surface area contributed by atoms with Crippen molar-refractivity contribution in [2.75, 3.05) is 23.3 Å². The van der Waals surface area contributed by atoms with Crippen LogP contribution in [0.2, 0.25) is 5.02 Å². The van der Waals surface area contributed by atoms with Gasteiger partial charge < -0.3 is 15.2 Å². The molecule has 4 rings (SSSR count). The van der Waals surface area contributed by atoms with E-state index in [1.54, 1.807) is 6.20 Å². The van der Waals surface area contributed by atoms with E-state index >= 15 is 0 Å². The maximum atomic E-state index is 13.9. The van der Waals surface area contributed by atoms with Crippen molar-refractivity contribution < 1.29 is 4.39 Å². The van der Waals surface area contributed by atoms with Gasteiger partial charge in [-0.15, -0.1) is 0 Å². The summed E-state index contributed by atoms with van der Waals surface area (Å²) in [6, 6.07) is 7.09. The highest BCUT2D eigenvalue weighted by Crippen LogP contribution is 2.23. The van der Waals surface area contributed by atoms with Gasteiger partial charge in [-0.1, -0.05) is 11.6 Å². The molecule has 1 saturated heterocycles. The zero-order valence-corrected chi connectivity index (χ0v) is 14.0. The van der Waals surface area contributed by atoms with Crippen molar-refractivity contribution in [2.24, 2.45) is 0 Å². The molecule has 128 valence electrons. The lowest BCUT2D eigenvalue weighted by molar-refractivity contribution is 0.620. The topological polar surface area (TPSA) is 69.7 Å². The number of aromatic nitrogens is 4. The van der Waals surface area contributed by atoms with Crippen LogP contribution in [-0.2, 0) is 0 Å². The standard InChI is InChI=1S/C17H16ClFN6/c18-11-8-13(19)16(22-9-11)23-12-4-7-25(10-12)17-21-6-3-15(24-17)14-2-1-5-20-14/h1-3,5-6,8-9,12,20H,4,7,10H2,(H,22,23). The van der Waals surface area contributed by atoms with Crippen LogP contribution in [0.5, 0.6) is 0 Å². The lowest BCUT2D eigenvalue weighted by Crippen LogP contribution is -2.27. The monoisotopic (exact) mass is 358 g/mol. The smallest absolute Gasteiger partial charge is 0.225 e. The normalized spacial score (nSPS) is 17.0. The highest BCUT2D eigenvalue weighted by atomic mass is 35.5. The third-order valence-electron chi connectivity index (χ3n) is 4.14. The number of nitrogens with zero attached hydrogens (tertiary/aromatic N) is 4. The average Bonchev–Trinajstić information content (AvgIpc) is 3.29. The Morgan fingerprint density at radius 1 is 1.32 bits per heavy atom. The number of H-pyrrole nitrogens is 1. The summed E-state index contributed by atoms with van der Waals surface area (Å²) >= 11 is 5.74. The van der Waals surface area contributed by atoms with Crippen LogP contribution < -0.4 is 10.2 Å². The highest BCUT2D eigenvalue weighted by Gasteiger charge is 2.25. The van der Waals surface area contributed by atoms with Crippen LogP contribution in [0.3, 0.4) is 0 Å². The van der Waals surface area contributed by atoms with Crippen LogP contribution in [0.4, 0.5) is 16.2 Å². The molecule has 0 aromatic carbocycles. The third kappa shape index (κ3) is 3.41. The van der Waals surface area contributed by atoms with Crippen LogP contribution in [0.25, 0.3) is 11.4 Å². The first-order valence-corrected chi connectivity index (χ1v) is 8.36. The second-order valence-corrected chi connectivity index (χ2v) is 6.32. The van der Waals surface area contributed by atoms with Crippen LogP contribution in [0, 0.1) is 5.82 Å². The Balaban J connectivity index is 1.46. The van der Waals surface area contributed by atoms with E-state index in [0.29, 0.717) is 12.5 Å². The summed E-state index contributed by atoms with van der Waals surface area (Å²) in [5, 5.41) is 3.41. The lowest BCUT2D eigenvalue weighted by atomic mass is 10.2. The minimum Gasteiger partial charge on any atom is -0.363 e. The Morgan fingerprint density at radius 3 is 3.04 bits per heavy atom. The van der Waals surface area contributed by atoms with E-state index in [1.807, 2.05) is 24.4 Å². The number of halogens is 2. The van der Waals surface area contributed by atoms with E-state index in [4.69, 9.17) is 11.6 Å². The number of aromatic amines is 1. The molecule has 1 atom stereocenters. The second kappa shape index (κ2) is 6.68. The molecule has 0 aliphatic carbocycles. The number of hydrogen-bond donors (Lipinski definition) is 2. The van der Waals surface area contributed by atoms with Crippen LogP contribution in [-0.4, -0.2) is 39.1 Å². The quantitative estimate of drug-likeness (QED) is 0.748. The van der Waals surface area contributed by atoms with Crippen molar-refractivity contribution in [1.29, 1.82) is 0 Å². The van der Waals surface area contributed by atoms with Gasteiger partial charge in [0.1, 0.15) is 0 Å². The summed E-state index contributed by atoms with van der Waals surface area (Å²) in [5.74, 6) is 0.439. The predicted octanol–water partition coefficient (Wildman–Crippen LogP) is 3.35. The van der Waals surface area contributed by atoms with Crippen molar-refractivity contribution in [2.45, 2.75) is 12.5 Å². The maximum absolute atomic E-state index is 13.9. The van der Waals surface area contributed by atoms with Crippen molar-refractivity contribution >= 4 is 23.4 Å². The largest absolute Gasteiger partial charge is 0.363 e. The minimum absolute atomic E-state index is 0.0703. The molecule has 3 aromatic rings. The van der Waals surface area contributed by atoms with Gasteiger partial charge in [0, 0.05) is 37.7 Å². The molecule has 1 fully saturated rings. The fourth-order valence-corrected chi connectivity index (χ4v) is 3.06. The Hall–Kier alpha value is -2.67. The molecule has 0 radical (unpaired) electrons. The molecular weight excluding hydrogens is 343 g/mol. The van der Waals surface area contributed by atoms with Crippen LogP contribution in [0.15, 0.2) is 42.9 Å². The Labute approximate surface area is 149 Å². The molecule has 0 spiro atoms. The van der Waals surface area contributed by atoms with E-state index in [9.17, 15) is 4.39 Å². The number of anilines is 2. The third-order valence-corrected chi connectivity index (χ3v) is 4.34. The summed E-state index contributed by atoms with van der Waals surface area (Å²) in [5.41, 5.74) is 1.79. The fraction of sp³-hybridized carbons (Fsp3) is 0.235. The molecule has 3 aromatic heterocycles. The van der Waals surface area contributed by atoms with Gasteiger partial charge in [-0.25, -0.2) is 19.3 Å². The molecule has 25 heavy (non-hydrogen) atoms. The Bertz CT molecular complexity index is 869. The Kier molecular flexibility index (Phi) is 4.23. The van der Waals surface area contributed by atoms with Crippen molar-refractivity contribution in [3.63, 3.8) is 0 Å². The van der Waals surface area contributed by atoms with Crippen molar-refractivity contribution in [3.05, 3.63) is 53.7 Å². The zero-order valence-electron chi connectivity index (χ0n) is 13.3. The molecule has 0 bridgehead atoms. The summed E-state index contributed by atoms with van der Waals surface area (Å²) < 4.78 is 13.9. The van der Waals surface area contributed by atoms with Crippen LogP contribution in [0.1, 0.15) is 6.42 Å². The molecule has 1 aliphatic rings. The summed E-state index contributed by atoms with van der Waals surface area (Å²) in [4.78, 5) is 18.2. The first kappa shape index (κ1) is 15.8. The van der Waals surface area contributed by atoms with Gasteiger partial charge in [0.15, 0.2) is 11.6 Å². The first-order chi connectivity index (χ1) is 12.2. The number of hydrogen-bond acceptors (Lipinski definition) is 5. The summed E-state index contributed by atoms with van der Waals surface area (Å²) in [6.07, 6.45) is 5.89.